The molecule has 1 aliphatic carbocycles. The number of rotatable bonds is 7. The zero-order valence-electron chi connectivity index (χ0n) is 16.1. The molecule has 0 spiro atoms. The molecule has 2 aromatic rings. The van der Waals surface area contributed by atoms with E-state index in [0.717, 1.165) is 67.5 Å². The molecule has 1 aromatic heterocycles. The van der Waals surface area contributed by atoms with Crippen molar-refractivity contribution in [2.75, 3.05) is 19.8 Å². The van der Waals surface area contributed by atoms with E-state index < -0.39 is 0 Å². The van der Waals surface area contributed by atoms with Gasteiger partial charge in [0.2, 0.25) is 0 Å². The monoisotopic (exact) mass is 369 g/mol. The van der Waals surface area contributed by atoms with E-state index in [1.807, 2.05) is 19.9 Å². The zero-order chi connectivity index (χ0) is 18.8. The molecule has 0 saturated heterocycles. The molecule has 144 valence electrons. The molecule has 0 radical (unpaired) electrons. The van der Waals surface area contributed by atoms with Gasteiger partial charge in [-0.05, 0) is 50.8 Å². The van der Waals surface area contributed by atoms with E-state index in [4.69, 9.17) is 14.5 Å². The van der Waals surface area contributed by atoms with Crippen molar-refractivity contribution in [3.05, 3.63) is 51.2 Å². The average Bonchev–Trinajstić information content (AvgIpc) is 3.49. The third-order valence-electron chi connectivity index (χ3n) is 5.15. The normalized spacial score (nSPS) is 16.8. The lowest BCUT2D eigenvalue weighted by molar-refractivity contribution is 0.238. The van der Waals surface area contributed by atoms with E-state index in [1.54, 1.807) is 0 Å². The van der Waals surface area contributed by atoms with Gasteiger partial charge in [-0.3, -0.25) is 9.69 Å². The van der Waals surface area contributed by atoms with Gasteiger partial charge in [0, 0.05) is 31.1 Å². The van der Waals surface area contributed by atoms with Crippen molar-refractivity contribution >= 4 is 0 Å². The molecule has 1 saturated carbocycles. The molecule has 6 nitrogen and oxygen atoms in total. The summed E-state index contributed by atoms with van der Waals surface area (Å²) in [5.41, 5.74) is 3.04. The molecule has 2 aliphatic rings. The maximum Gasteiger partial charge on any atom is 0.254 e. The molecule has 1 aromatic carbocycles. The molecule has 2 heterocycles. The highest BCUT2D eigenvalue weighted by Crippen LogP contribution is 2.38. The van der Waals surface area contributed by atoms with Crippen LogP contribution in [0, 0.1) is 0 Å². The van der Waals surface area contributed by atoms with Gasteiger partial charge < -0.3 is 14.5 Å². The standard InChI is InChI=1S/C21H27N3O3/c1-3-26-18-8-5-14(11-19(18)27-4-2)12-24-10-9-16-17(13-24)22-20(15-6-7-15)23-21(16)25/h5,8,11,15H,3-4,6-7,9-10,12-13H2,1-2H3,(H,22,23,25). The second kappa shape index (κ2) is 7.72. The van der Waals surface area contributed by atoms with E-state index in [-0.39, 0.29) is 5.56 Å². The highest BCUT2D eigenvalue weighted by atomic mass is 16.5. The first kappa shape index (κ1) is 18.0. The van der Waals surface area contributed by atoms with E-state index in [9.17, 15) is 4.79 Å². The molecule has 6 heteroatoms. The first-order valence-electron chi connectivity index (χ1n) is 9.90. The van der Waals surface area contributed by atoms with Crippen LogP contribution in [-0.2, 0) is 19.5 Å². The molecule has 0 atom stereocenters. The Morgan fingerprint density at radius 2 is 1.96 bits per heavy atom. The summed E-state index contributed by atoms with van der Waals surface area (Å²) in [5, 5.41) is 0. The summed E-state index contributed by atoms with van der Waals surface area (Å²) in [4.78, 5) is 22.5. The summed E-state index contributed by atoms with van der Waals surface area (Å²) < 4.78 is 11.4. The maximum absolute atomic E-state index is 12.4. The van der Waals surface area contributed by atoms with Crippen molar-refractivity contribution in [1.82, 2.24) is 14.9 Å². The minimum Gasteiger partial charge on any atom is -0.490 e. The summed E-state index contributed by atoms with van der Waals surface area (Å²) in [6.07, 6.45) is 3.02. The van der Waals surface area contributed by atoms with Crippen LogP contribution in [0.3, 0.4) is 0 Å². The Bertz CT molecular complexity index is 873. The van der Waals surface area contributed by atoms with Gasteiger partial charge in [0.25, 0.3) is 5.56 Å². The van der Waals surface area contributed by atoms with Crippen LogP contribution in [0.15, 0.2) is 23.0 Å². The number of aromatic nitrogens is 2. The number of ether oxygens (including phenoxy) is 2. The van der Waals surface area contributed by atoms with Crippen molar-refractivity contribution in [2.45, 2.75) is 52.1 Å². The number of nitrogens with one attached hydrogen (secondary N) is 1. The molecule has 0 unspecified atom stereocenters. The van der Waals surface area contributed by atoms with E-state index in [0.29, 0.717) is 19.1 Å². The number of hydrogen-bond acceptors (Lipinski definition) is 5. The fourth-order valence-electron chi connectivity index (χ4n) is 3.65. The zero-order valence-corrected chi connectivity index (χ0v) is 16.1. The summed E-state index contributed by atoms with van der Waals surface area (Å²) >= 11 is 0. The van der Waals surface area contributed by atoms with Crippen LogP contribution in [0.5, 0.6) is 11.5 Å². The first-order chi connectivity index (χ1) is 13.2. The molecule has 4 rings (SSSR count). The van der Waals surface area contributed by atoms with Gasteiger partial charge in [0.15, 0.2) is 11.5 Å². The Morgan fingerprint density at radius 3 is 2.70 bits per heavy atom. The van der Waals surface area contributed by atoms with Gasteiger partial charge in [-0.25, -0.2) is 4.98 Å². The minimum absolute atomic E-state index is 0.0567. The van der Waals surface area contributed by atoms with Crippen molar-refractivity contribution in [3.63, 3.8) is 0 Å². The number of nitrogens with zero attached hydrogens (tertiary/aromatic N) is 2. The second-order valence-corrected chi connectivity index (χ2v) is 7.26. The molecule has 1 aliphatic heterocycles. The van der Waals surface area contributed by atoms with E-state index >= 15 is 0 Å². The number of H-pyrrole nitrogens is 1. The van der Waals surface area contributed by atoms with Crippen LogP contribution in [0.1, 0.15) is 55.3 Å². The summed E-state index contributed by atoms with van der Waals surface area (Å²) in [7, 11) is 0. The Balaban J connectivity index is 1.51. The van der Waals surface area contributed by atoms with Crippen LogP contribution < -0.4 is 15.0 Å². The minimum atomic E-state index is 0.0567. The van der Waals surface area contributed by atoms with Crippen LogP contribution in [0.4, 0.5) is 0 Å². The number of benzene rings is 1. The Morgan fingerprint density at radius 1 is 1.19 bits per heavy atom. The van der Waals surface area contributed by atoms with Gasteiger partial charge >= 0.3 is 0 Å². The lowest BCUT2D eigenvalue weighted by Crippen LogP contribution is -2.35. The van der Waals surface area contributed by atoms with E-state index in [1.165, 1.54) is 5.56 Å². The molecule has 1 fully saturated rings. The molecule has 0 amide bonds. The lowest BCUT2D eigenvalue weighted by Gasteiger charge is -2.28. The lowest BCUT2D eigenvalue weighted by atomic mass is 10.1. The van der Waals surface area contributed by atoms with Gasteiger partial charge in [-0.2, -0.15) is 0 Å². The number of hydrogen-bond donors (Lipinski definition) is 1. The Labute approximate surface area is 159 Å². The average molecular weight is 369 g/mol. The van der Waals surface area contributed by atoms with Gasteiger partial charge in [-0.15, -0.1) is 0 Å². The molecule has 27 heavy (non-hydrogen) atoms. The van der Waals surface area contributed by atoms with Crippen molar-refractivity contribution < 1.29 is 9.47 Å². The Hall–Kier alpha value is -2.34. The highest BCUT2D eigenvalue weighted by molar-refractivity contribution is 5.43. The SMILES string of the molecule is CCOc1ccc(CN2CCc3c(nc(C4CC4)[nH]c3=O)C2)cc1OCC. The predicted octanol–water partition coefficient (Wildman–Crippen LogP) is 3.00. The van der Waals surface area contributed by atoms with E-state index in [2.05, 4.69) is 22.0 Å². The Kier molecular flexibility index (Phi) is 5.16. The molecular weight excluding hydrogens is 342 g/mol. The molecule has 0 bridgehead atoms. The summed E-state index contributed by atoms with van der Waals surface area (Å²) in [5.74, 6) is 2.91. The van der Waals surface area contributed by atoms with Crippen LogP contribution in [0.2, 0.25) is 0 Å². The van der Waals surface area contributed by atoms with Gasteiger partial charge in [0.1, 0.15) is 5.82 Å². The van der Waals surface area contributed by atoms with Crippen LogP contribution in [-0.4, -0.2) is 34.6 Å². The second-order valence-electron chi connectivity index (χ2n) is 7.26. The summed E-state index contributed by atoms with van der Waals surface area (Å²) in [6.45, 7) is 7.56. The topological polar surface area (TPSA) is 67.5 Å². The molecule has 1 N–H and O–H groups in total. The molecular formula is C21H27N3O3. The third kappa shape index (κ3) is 4.00. The van der Waals surface area contributed by atoms with Crippen molar-refractivity contribution in [1.29, 1.82) is 0 Å². The first-order valence-corrected chi connectivity index (χ1v) is 9.90. The smallest absolute Gasteiger partial charge is 0.254 e. The fourth-order valence-corrected chi connectivity index (χ4v) is 3.65. The van der Waals surface area contributed by atoms with Gasteiger partial charge in [0.05, 0.1) is 18.9 Å². The quantitative estimate of drug-likeness (QED) is 0.813. The number of aromatic amines is 1. The van der Waals surface area contributed by atoms with Crippen molar-refractivity contribution in [2.24, 2.45) is 0 Å². The van der Waals surface area contributed by atoms with Crippen LogP contribution >= 0.6 is 0 Å². The van der Waals surface area contributed by atoms with Crippen molar-refractivity contribution in [3.8, 4) is 11.5 Å². The maximum atomic E-state index is 12.4. The fraction of sp³-hybridized carbons (Fsp3) is 0.524. The predicted molar refractivity (Wildman–Crippen MR) is 103 cm³/mol. The largest absolute Gasteiger partial charge is 0.490 e. The number of fused-ring (bicyclic) bond motifs is 1. The van der Waals surface area contributed by atoms with Crippen LogP contribution in [0.25, 0.3) is 0 Å². The summed E-state index contributed by atoms with van der Waals surface area (Å²) in [6, 6.07) is 6.13. The third-order valence-corrected chi connectivity index (χ3v) is 5.15. The highest BCUT2D eigenvalue weighted by Gasteiger charge is 2.29. The van der Waals surface area contributed by atoms with Gasteiger partial charge in [-0.1, -0.05) is 6.07 Å².